The molecule has 0 aliphatic carbocycles. The zero-order valence-electron chi connectivity index (χ0n) is 10.5. The molecule has 1 aromatic heterocycles. The van der Waals surface area contributed by atoms with E-state index in [9.17, 15) is 8.42 Å². The van der Waals surface area contributed by atoms with Gasteiger partial charge in [-0.15, -0.1) is 0 Å². The van der Waals surface area contributed by atoms with Crippen LogP contribution in [0.25, 0.3) is 0 Å². The number of nitrogens with zero attached hydrogens (tertiary/aromatic N) is 3. The van der Waals surface area contributed by atoms with Gasteiger partial charge in [-0.1, -0.05) is 15.9 Å². The Bertz CT molecular complexity index is 484. The summed E-state index contributed by atoms with van der Waals surface area (Å²) in [7, 11) is -1.92. The predicted octanol–water partition coefficient (Wildman–Crippen LogP) is 1.62. The molecule has 0 fully saturated rings. The number of aryl methyl sites for hydroxylation is 2. The summed E-state index contributed by atoms with van der Waals surface area (Å²) >= 11 is 3.28. The third kappa shape index (κ3) is 2.89. The molecule has 0 saturated carbocycles. The molecule has 0 aliphatic rings. The van der Waals surface area contributed by atoms with E-state index in [0.717, 1.165) is 0 Å². The van der Waals surface area contributed by atoms with Crippen molar-refractivity contribution in [3.8, 4) is 0 Å². The van der Waals surface area contributed by atoms with Gasteiger partial charge in [0.1, 0.15) is 5.82 Å². The number of hydrogen-bond acceptors (Lipinski definition) is 3. The van der Waals surface area contributed by atoms with E-state index in [-0.39, 0.29) is 11.1 Å². The highest BCUT2D eigenvalue weighted by Gasteiger charge is 2.27. The van der Waals surface area contributed by atoms with Crippen LogP contribution in [0, 0.1) is 6.92 Å². The zero-order valence-corrected chi connectivity index (χ0v) is 12.9. The highest BCUT2D eigenvalue weighted by molar-refractivity contribution is 9.09. The van der Waals surface area contributed by atoms with E-state index in [1.807, 2.05) is 18.4 Å². The number of hydrogen-bond donors (Lipinski definition) is 0. The van der Waals surface area contributed by atoms with Crippen LogP contribution in [0.5, 0.6) is 0 Å². The van der Waals surface area contributed by atoms with Gasteiger partial charge >= 0.3 is 0 Å². The zero-order chi connectivity index (χ0) is 13.2. The molecule has 0 N–H and O–H groups in total. The highest BCUT2D eigenvalue weighted by atomic mass is 79.9. The first-order chi connectivity index (χ1) is 7.84. The van der Waals surface area contributed by atoms with Gasteiger partial charge in [0.25, 0.3) is 10.0 Å². The maximum atomic E-state index is 12.2. The van der Waals surface area contributed by atoms with Crippen LogP contribution in [0.2, 0.25) is 0 Å². The Labute approximate surface area is 111 Å². The molecule has 1 rings (SSSR count). The average molecular weight is 324 g/mol. The number of alkyl halides is 1. The van der Waals surface area contributed by atoms with Gasteiger partial charge in [0.2, 0.25) is 0 Å². The van der Waals surface area contributed by atoms with Gasteiger partial charge in [-0.05, 0) is 20.8 Å². The minimum atomic E-state index is -3.49. The molecule has 1 heterocycles. The molecule has 0 radical (unpaired) electrons. The van der Waals surface area contributed by atoms with Crippen molar-refractivity contribution < 1.29 is 8.42 Å². The van der Waals surface area contributed by atoms with Gasteiger partial charge in [0.05, 0.1) is 0 Å². The summed E-state index contributed by atoms with van der Waals surface area (Å²) in [5.74, 6) is 0.714. The fourth-order valence-electron chi connectivity index (χ4n) is 1.41. The maximum Gasteiger partial charge on any atom is 0.262 e. The van der Waals surface area contributed by atoms with Crippen molar-refractivity contribution in [3.63, 3.8) is 0 Å². The monoisotopic (exact) mass is 323 g/mol. The van der Waals surface area contributed by atoms with Crippen LogP contribution in [0.4, 0.5) is 0 Å². The van der Waals surface area contributed by atoms with Crippen molar-refractivity contribution in [2.45, 2.75) is 38.4 Å². The van der Waals surface area contributed by atoms with Crippen molar-refractivity contribution in [3.05, 3.63) is 12.0 Å². The minimum absolute atomic E-state index is 0.105. The van der Waals surface area contributed by atoms with E-state index in [0.29, 0.717) is 17.7 Å². The minimum Gasteiger partial charge on any atom is -0.334 e. The second kappa shape index (κ2) is 5.49. The Morgan fingerprint density at radius 1 is 1.59 bits per heavy atom. The van der Waals surface area contributed by atoms with Crippen molar-refractivity contribution in [1.82, 2.24) is 13.9 Å². The molecule has 98 valence electrons. The molecule has 0 saturated heterocycles. The molecule has 0 amide bonds. The third-order valence-corrected chi connectivity index (χ3v) is 5.56. The summed E-state index contributed by atoms with van der Waals surface area (Å²) in [6.07, 6.45) is 1.59. The molecule has 0 aliphatic heterocycles. The topological polar surface area (TPSA) is 55.2 Å². The fourth-order valence-corrected chi connectivity index (χ4v) is 3.38. The van der Waals surface area contributed by atoms with Crippen LogP contribution >= 0.6 is 15.9 Å². The lowest BCUT2D eigenvalue weighted by Crippen LogP contribution is -2.36. The van der Waals surface area contributed by atoms with Crippen LogP contribution in [0.1, 0.15) is 19.7 Å². The SMILES string of the molecule is CCn1cc(S(=O)(=O)N(C)C(C)CBr)nc1C. The van der Waals surface area contributed by atoms with Crippen molar-refractivity contribution in [2.75, 3.05) is 12.4 Å². The number of imidazole rings is 1. The predicted molar refractivity (Wildman–Crippen MR) is 70.8 cm³/mol. The molecule has 1 unspecified atom stereocenters. The molecule has 7 heteroatoms. The summed E-state index contributed by atoms with van der Waals surface area (Å²) in [5, 5.41) is 0.711. The Hall–Kier alpha value is -0.400. The van der Waals surface area contributed by atoms with Gasteiger partial charge in [0, 0.05) is 31.2 Å². The van der Waals surface area contributed by atoms with Crippen LogP contribution in [0.3, 0.4) is 0 Å². The summed E-state index contributed by atoms with van der Waals surface area (Å²) in [4.78, 5) is 4.11. The lowest BCUT2D eigenvalue weighted by atomic mass is 10.4. The standard InChI is InChI=1S/C10H18BrN3O2S/c1-5-14-7-10(12-9(14)3)17(15,16)13(4)8(2)6-11/h7-8H,5-6H2,1-4H3. The Balaban J connectivity index is 3.13. The van der Waals surface area contributed by atoms with Gasteiger partial charge < -0.3 is 4.57 Å². The van der Waals surface area contributed by atoms with Crippen LogP contribution in [0.15, 0.2) is 11.2 Å². The van der Waals surface area contributed by atoms with Crippen molar-refractivity contribution in [1.29, 1.82) is 0 Å². The smallest absolute Gasteiger partial charge is 0.262 e. The highest BCUT2D eigenvalue weighted by Crippen LogP contribution is 2.16. The molecular weight excluding hydrogens is 306 g/mol. The summed E-state index contributed by atoms with van der Waals surface area (Å²) < 4.78 is 27.6. The van der Waals surface area contributed by atoms with E-state index in [2.05, 4.69) is 20.9 Å². The lowest BCUT2D eigenvalue weighted by molar-refractivity contribution is 0.414. The lowest BCUT2D eigenvalue weighted by Gasteiger charge is -2.21. The average Bonchev–Trinajstić information content (AvgIpc) is 2.69. The second-order valence-electron chi connectivity index (χ2n) is 3.94. The number of sulfonamides is 1. The molecule has 1 atom stereocenters. The Kier molecular flexibility index (Phi) is 4.74. The van der Waals surface area contributed by atoms with Gasteiger partial charge in [-0.3, -0.25) is 0 Å². The largest absolute Gasteiger partial charge is 0.334 e. The molecule has 0 spiro atoms. The molecule has 0 bridgehead atoms. The molecule has 1 aromatic rings. The Morgan fingerprint density at radius 3 is 2.59 bits per heavy atom. The molecule has 0 aromatic carbocycles. The first-order valence-electron chi connectivity index (χ1n) is 5.42. The van der Waals surface area contributed by atoms with Gasteiger partial charge in [-0.2, -0.15) is 4.31 Å². The first kappa shape index (κ1) is 14.7. The summed E-state index contributed by atoms with van der Waals surface area (Å²) in [5.41, 5.74) is 0. The molecular formula is C10H18BrN3O2S. The van der Waals surface area contributed by atoms with Crippen LogP contribution in [-0.4, -0.2) is 40.7 Å². The fraction of sp³-hybridized carbons (Fsp3) is 0.700. The van der Waals surface area contributed by atoms with E-state index in [1.165, 1.54) is 4.31 Å². The van der Waals surface area contributed by atoms with Gasteiger partial charge in [-0.25, -0.2) is 13.4 Å². The number of rotatable bonds is 5. The van der Waals surface area contributed by atoms with Crippen molar-refractivity contribution >= 4 is 26.0 Å². The normalized spacial score (nSPS) is 14.2. The third-order valence-electron chi connectivity index (χ3n) is 2.78. The van der Waals surface area contributed by atoms with Crippen molar-refractivity contribution in [2.24, 2.45) is 0 Å². The number of aromatic nitrogens is 2. The summed E-state index contributed by atoms with van der Waals surface area (Å²) in [6, 6.07) is -0.105. The first-order valence-corrected chi connectivity index (χ1v) is 7.98. The van der Waals surface area contributed by atoms with Crippen LogP contribution < -0.4 is 0 Å². The molecule has 17 heavy (non-hydrogen) atoms. The second-order valence-corrected chi connectivity index (χ2v) is 6.53. The van der Waals surface area contributed by atoms with E-state index in [4.69, 9.17) is 0 Å². The van der Waals surface area contributed by atoms with E-state index >= 15 is 0 Å². The number of halogens is 1. The van der Waals surface area contributed by atoms with E-state index in [1.54, 1.807) is 20.2 Å². The van der Waals surface area contributed by atoms with Gasteiger partial charge in [0.15, 0.2) is 5.03 Å². The summed E-state index contributed by atoms with van der Waals surface area (Å²) in [6.45, 7) is 6.31. The Morgan fingerprint density at radius 2 is 2.18 bits per heavy atom. The van der Waals surface area contributed by atoms with Crippen LogP contribution in [-0.2, 0) is 16.6 Å². The van der Waals surface area contributed by atoms with E-state index < -0.39 is 10.0 Å². The quantitative estimate of drug-likeness (QED) is 0.774. The maximum absolute atomic E-state index is 12.2. The molecule has 5 nitrogen and oxygen atoms in total.